The van der Waals surface area contributed by atoms with E-state index < -0.39 is 8.80 Å². The third-order valence-corrected chi connectivity index (χ3v) is 3.94. The van der Waals surface area contributed by atoms with Crippen LogP contribution in [0.1, 0.15) is 27.2 Å². The van der Waals surface area contributed by atoms with Gasteiger partial charge in [-0.15, -0.1) is 0 Å². The SMILES string of the molecule is C[SiH](C)C1=[C]CC=C1C(C)(C)C. The van der Waals surface area contributed by atoms with Crippen LogP contribution in [0.2, 0.25) is 13.1 Å². The van der Waals surface area contributed by atoms with Crippen molar-refractivity contribution in [3.05, 3.63) is 22.9 Å². The van der Waals surface area contributed by atoms with Crippen LogP contribution in [0.15, 0.2) is 16.8 Å². The van der Waals surface area contributed by atoms with Gasteiger partial charge in [0.25, 0.3) is 0 Å². The maximum atomic E-state index is 3.50. The van der Waals surface area contributed by atoms with E-state index in [0.29, 0.717) is 5.41 Å². The number of allylic oxidation sites excluding steroid dienone is 4. The molecule has 0 saturated heterocycles. The smallest absolute Gasteiger partial charge is 0.0654 e. The number of hydrogen-bond acceptors (Lipinski definition) is 0. The van der Waals surface area contributed by atoms with Crippen molar-refractivity contribution in [2.75, 3.05) is 0 Å². The average Bonchev–Trinajstić information content (AvgIpc) is 2.30. The second kappa shape index (κ2) is 3.21. The lowest BCUT2D eigenvalue weighted by Gasteiger charge is -2.24. The predicted octanol–water partition coefficient (Wildman–Crippen LogP) is 3.12. The zero-order valence-electron chi connectivity index (χ0n) is 8.86. The topological polar surface area (TPSA) is 0 Å². The molecule has 0 aromatic rings. The van der Waals surface area contributed by atoms with Crippen LogP contribution in [0, 0.1) is 11.5 Å². The highest BCUT2D eigenvalue weighted by Crippen LogP contribution is 2.35. The first kappa shape index (κ1) is 9.78. The van der Waals surface area contributed by atoms with Crippen LogP contribution >= 0.6 is 0 Å². The molecular weight excluding hydrogens is 160 g/mol. The van der Waals surface area contributed by atoms with Gasteiger partial charge in [0.2, 0.25) is 0 Å². The van der Waals surface area contributed by atoms with Crippen molar-refractivity contribution >= 4 is 8.80 Å². The summed E-state index contributed by atoms with van der Waals surface area (Å²) < 4.78 is 0. The molecule has 0 N–H and O–H groups in total. The van der Waals surface area contributed by atoms with E-state index in [1.54, 1.807) is 10.8 Å². The minimum atomic E-state index is -0.643. The fourth-order valence-electron chi connectivity index (χ4n) is 1.69. The Labute approximate surface area is 78.0 Å². The highest BCUT2D eigenvalue weighted by atomic mass is 28.3. The van der Waals surface area contributed by atoms with E-state index in [-0.39, 0.29) is 0 Å². The fourth-order valence-corrected chi connectivity index (χ4v) is 3.39. The van der Waals surface area contributed by atoms with Crippen LogP contribution in [0.4, 0.5) is 0 Å². The molecule has 1 heteroatoms. The predicted molar refractivity (Wildman–Crippen MR) is 57.8 cm³/mol. The third-order valence-electron chi connectivity index (χ3n) is 2.27. The molecule has 1 aliphatic rings. The third kappa shape index (κ3) is 1.89. The van der Waals surface area contributed by atoms with Gasteiger partial charge in [-0.05, 0) is 23.5 Å². The normalized spacial score (nSPS) is 18.2. The van der Waals surface area contributed by atoms with Gasteiger partial charge in [0.1, 0.15) is 0 Å². The Balaban J connectivity index is 2.88. The Bertz CT molecular complexity index is 226. The summed E-state index contributed by atoms with van der Waals surface area (Å²) in [5, 5.41) is 1.57. The van der Waals surface area contributed by atoms with Gasteiger partial charge in [-0.3, -0.25) is 0 Å². The summed E-state index contributed by atoms with van der Waals surface area (Å²) in [4.78, 5) is 0. The van der Waals surface area contributed by atoms with Crippen molar-refractivity contribution in [1.82, 2.24) is 0 Å². The highest BCUT2D eigenvalue weighted by molar-refractivity contribution is 6.65. The van der Waals surface area contributed by atoms with Crippen LogP contribution < -0.4 is 0 Å². The average molecular weight is 179 g/mol. The molecule has 0 aromatic heterocycles. The number of rotatable bonds is 1. The lowest BCUT2D eigenvalue weighted by atomic mass is 9.87. The molecule has 0 aliphatic heterocycles. The maximum absolute atomic E-state index is 3.50. The van der Waals surface area contributed by atoms with Gasteiger partial charge in [-0.2, -0.15) is 0 Å². The molecule has 1 aliphatic carbocycles. The van der Waals surface area contributed by atoms with Gasteiger partial charge in [0.15, 0.2) is 0 Å². The Hall–Kier alpha value is -0.303. The fraction of sp³-hybridized carbons (Fsp3) is 0.636. The van der Waals surface area contributed by atoms with E-state index in [1.807, 2.05) is 0 Å². The molecular formula is C11H19Si. The van der Waals surface area contributed by atoms with E-state index in [4.69, 9.17) is 0 Å². The lowest BCUT2D eigenvalue weighted by Crippen LogP contribution is -2.17. The molecule has 67 valence electrons. The van der Waals surface area contributed by atoms with E-state index in [1.165, 1.54) is 0 Å². The molecule has 0 spiro atoms. The van der Waals surface area contributed by atoms with Gasteiger partial charge in [-0.1, -0.05) is 45.1 Å². The Morgan fingerprint density at radius 2 is 1.92 bits per heavy atom. The first-order chi connectivity index (χ1) is 5.43. The summed E-state index contributed by atoms with van der Waals surface area (Å²) in [5.74, 6) is 0. The Morgan fingerprint density at radius 3 is 2.25 bits per heavy atom. The summed E-state index contributed by atoms with van der Waals surface area (Å²) in [6.07, 6.45) is 6.90. The highest BCUT2D eigenvalue weighted by Gasteiger charge is 2.24. The molecule has 0 amide bonds. The molecule has 0 fully saturated rings. The van der Waals surface area contributed by atoms with Crippen molar-refractivity contribution in [2.45, 2.75) is 40.3 Å². The summed E-state index contributed by atoms with van der Waals surface area (Å²) in [6.45, 7) is 11.6. The summed E-state index contributed by atoms with van der Waals surface area (Å²) in [6, 6.07) is 0. The van der Waals surface area contributed by atoms with Crippen molar-refractivity contribution in [2.24, 2.45) is 5.41 Å². The summed E-state index contributed by atoms with van der Waals surface area (Å²) in [7, 11) is -0.643. The van der Waals surface area contributed by atoms with Crippen molar-refractivity contribution < 1.29 is 0 Å². The van der Waals surface area contributed by atoms with E-state index in [2.05, 4.69) is 46.0 Å². The van der Waals surface area contributed by atoms with E-state index in [0.717, 1.165) is 6.42 Å². The van der Waals surface area contributed by atoms with Crippen LogP contribution in [-0.2, 0) is 0 Å². The molecule has 0 atom stereocenters. The van der Waals surface area contributed by atoms with Crippen molar-refractivity contribution in [3.8, 4) is 0 Å². The molecule has 0 saturated carbocycles. The second-order valence-corrected chi connectivity index (χ2v) is 7.70. The van der Waals surface area contributed by atoms with Gasteiger partial charge in [0.05, 0.1) is 8.80 Å². The summed E-state index contributed by atoms with van der Waals surface area (Å²) >= 11 is 0. The molecule has 0 aromatic carbocycles. The number of hydrogen-bond donors (Lipinski definition) is 0. The first-order valence-corrected chi connectivity index (χ1v) is 7.63. The largest absolute Gasteiger partial charge is 0.0765 e. The van der Waals surface area contributed by atoms with Gasteiger partial charge in [0, 0.05) is 0 Å². The monoisotopic (exact) mass is 179 g/mol. The van der Waals surface area contributed by atoms with Gasteiger partial charge >= 0.3 is 0 Å². The molecule has 0 unspecified atom stereocenters. The minimum Gasteiger partial charge on any atom is -0.0765 e. The van der Waals surface area contributed by atoms with E-state index >= 15 is 0 Å². The maximum Gasteiger partial charge on any atom is 0.0654 e. The Morgan fingerprint density at radius 1 is 1.33 bits per heavy atom. The van der Waals surface area contributed by atoms with Crippen LogP contribution in [0.25, 0.3) is 0 Å². The molecule has 1 rings (SSSR count). The van der Waals surface area contributed by atoms with Crippen LogP contribution in [0.3, 0.4) is 0 Å². The minimum absolute atomic E-state index is 0.329. The van der Waals surface area contributed by atoms with E-state index in [9.17, 15) is 0 Å². The Kier molecular flexibility index (Phi) is 2.62. The van der Waals surface area contributed by atoms with Gasteiger partial charge < -0.3 is 0 Å². The quantitative estimate of drug-likeness (QED) is 0.543. The molecule has 0 heterocycles. The van der Waals surface area contributed by atoms with Crippen LogP contribution in [-0.4, -0.2) is 8.80 Å². The second-order valence-electron chi connectivity index (χ2n) is 4.82. The lowest BCUT2D eigenvalue weighted by molar-refractivity contribution is 0.515. The summed E-state index contributed by atoms with van der Waals surface area (Å²) in [5.41, 5.74) is 1.89. The van der Waals surface area contributed by atoms with Crippen molar-refractivity contribution in [3.63, 3.8) is 0 Å². The zero-order valence-corrected chi connectivity index (χ0v) is 10.0. The first-order valence-electron chi connectivity index (χ1n) is 4.74. The molecule has 12 heavy (non-hydrogen) atoms. The standard InChI is InChI=1S/C11H19Si/c1-11(2,3)9-7-6-8-10(9)12(4)5/h7,12H,6H2,1-5H3. The van der Waals surface area contributed by atoms with Gasteiger partial charge in [-0.25, -0.2) is 0 Å². The van der Waals surface area contributed by atoms with Crippen LogP contribution in [0.5, 0.6) is 0 Å². The van der Waals surface area contributed by atoms with Crippen molar-refractivity contribution in [1.29, 1.82) is 0 Å². The zero-order chi connectivity index (χ0) is 9.35. The molecule has 1 radical (unpaired) electrons. The molecule has 0 bridgehead atoms. The molecule has 0 nitrogen and oxygen atoms in total.